The number of carboxylic acids is 1. The summed E-state index contributed by atoms with van der Waals surface area (Å²) in [5.74, 6) is -1.89. The molecule has 0 amide bonds. The van der Waals surface area contributed by atoms with Gasteiger partial charge < -0.3 is 15.2 Å². The number of ether oxygens (including phenoxy) is 1. The number of benzene rings is 2. The van der Waals surface area contributed by atoms with Gasteiger partial charge in [-0.05, 0) is 49.1 Å². The van der Waals surface area contributed by atoms with Crippen LogP contribution in [0.4, 0.5) is 11.4 Å². The molecule has 0 radical (unpaired) electrons. The molecule has 0 heterocycles. The summed E-state index contributed by atoms with van der Waals surface area (Å²) < 4.78 is 4.87. The number of hydrogen-bond acceptors (Lipinski definition) is 4. The molecule has 5 nitrogen and oxygen atoms in total. The van der Waals surface area contributed by atoms with Gasteiger partial charge in [0.15, 0.2) is 6.61 Å². The molecule has 25 heavy (non-hydrogen) atoms. The fourth-order valence-electron chi connectivity index (χ4n) is 2.51. The van der Waals surface area contributed by atoms with E-state index in [9.17, 15) is 9.59 Å². The lowest BCUT2D eigenvalue weighted by Gasteiger charge is -2.18. The number of carbonyl (C=O) groups excluding carboxylic acids is 1. The predicted molar refractivity (Wildman–Crippen MR) is 97.9 cm³/mol. The maximum absolute atomic E-state index is 12.4. The minimum atomic E-state index is -1.20. The van der Waals surface area contributed by atoms with E-state index < -0.39 is 18.5 Å². The first kappa shape index (κ1) is 18.8. The van der Waals surface area contributed by atoms with Gasteiger partial charge in [0.25, 0.3) is 0 Å². The Morgan fingerprint density at radius 1 is 1.16 bits per heavy atom. The van der Waals surface area contributed by atoms with E-state index in [0.717, 1.165) is 23.1 Å². The van der Waals surface area contributed by atoms with Gasteiger partial charge in [-0.3, -0.25) is 0 Å². The fraction of sp³-hybridized carbons (Fsp3) is 0.263. The molecule has 0 fully saturated rings. The normalized spacial score (nSPS) is 10.4. The predicted octanol–water partition coefficient (Wildman–Crippen LogP) is 4.50. The van der Waals surface area contributed by atoms with E-state index in [0.29, 0.717) is 16.4 Å². The number of hydrogen-bond donors (Lipinski definition) is 2. The second kappa shape index (κ2) is 8.03. The smallest absolute Gasteiger partial charge is 0.341 e. The minimum absolute atomic E-state index is 0.289. The number of esters is 1. The molecule has 2 N–H and O–H groups in total. The third-order valence-corrected chi connectivity index (χ3v) is 4.14. The highest BCUT2D eigenvalue weighted by Gasteiger charge is 2.19. The molecular formula is C19H20ClNO4. The summed E-state index contributed by atoms with van der Waals surface area (Å²) in [5, 5.41) is 12.5. The molecule has 0 aliphatic heterocycles. The van der Waals surface area contributed by atoms with Crippen molar-refractivity contribution in [1.82, 2.24) is 0 Å². The molecule has 0 spiro atoms. The number of rotatable bonds is 6. The number of aryl methyl sites for hydroxylation is 3. The molecule has 132 valence electrons. The Labute approximate surface area is 151 Å². The topological polar surface area (TPSA) is 75.6 Å². The van der Waals surface area contributed by atoms with Crippen LogP contribution < -0.4 is 5.32 Å². The Bertz CT molecular complexity index is 797. The van der Waals surface area contributed by atoms with Gasteiger partial charge in [-0.1, -0.05) is 36.7 Å². The lowest BCUT2D eigenvalue weighted by atomic mass is 10.0. The number of carbonyl (C=O) groups is 2. The van der Waals surface area contributed by atoms with Gasteiger partial charge in [0.2, 0.25) is 0 Å². The zero-order chi connectivity index (χ0) is 18.6. The van der Waals surface area contributed by atoms with Crippen molar-refractivity contribution in [2.45, 2.75) is 27.2 Å². The van der Waals surface area contributed by atoms with Crippen molar-refractivity contribution in [3.63, 3.8) is 0 Å². The van der Waals surface area contributed by atoms with E-state index >= 15 is 0 Å². The van der Waals surface area contributed by atoms with Crippen LogP contribution in [0.2, 0.25) is 5.02 Å². The molecule has 6 heteroatoms. The van der Waals surface area contributed by atoms with Gasteiger partial charge in [-0.2, -0.15) is 0 Å². The Morgan fingerprint density at radius 2 is 1.88 bits per heavy atom. The number of carboxylic acid groups (broad SMARTS) is 1. The lowest BCUT2D eigenvalue weighted by Crippen LogP contribution is -2.15. The van der Waals surface area contributed by atoms with Gasteiger partial charge >= 0.3 is 11.9 Å². The third kappa shape index (κ3) is 4.51. The molecule has 0 aliphatic carbocycles. The Balaban J connectivity index is 2.48. The Hall–Kier alpha value is -2.53. The first-order valence-corrected chi connectivity index (χ1v) is 8.25. The van der Waals surface area contributed by atoms with Crippen molar-refractivity contribution < 1.29 is 19.4 Å². The summed E-state index contributed by atoms with van der Waals surface area (Å²) in [7, 11) is 0. The van der Waals surface area contributed by atoms with E-state index in [1.165, 1.54) is 0 Å². The average Bonchev–Trinajstić information content (AvgIpc) is 2.56. The molecular weight excluding hydrogens is 342 g/mol. The molecule has 0 saturated carbocycles. The standard InChI is InChI=1S/C19H20ClNO4/c1-4-13-8-12(3)17(14(9-13)19(24)25-10-16(22)23)21-18-11(2)6-5-7-15(18)20/h5-9,21H,4,10H2,1-3H3,(H,22,23). The first-order chi connectivity index (χ1) is 11.8. The maximum atomic E-state index is 12.4. The lowest BCUT2D eigenvalue weighted by molar-refractivity contribution is -0.140. The number of aliphatic carboxylic acids is 1. The molecule has 0 atom stereocenters. The summed E-state index contributed by atoms with van der Waals surface area (Å²) in [6.07, 6.45) is 0.742. The average molecular weight is 362 g/mol. The van der Waals surface area contributed by atoms with E-state index in [2.05, 4.69) is 5.32 Å². The van der Waals surface area contributed by atoms with Gasteiger partial charge in [0.1, 0.15) is 0 Å². The number of anilines is 2. The molecule has 2 aromatic carbocycles. The van der Waals surface area contributed by atoms with Crippen LogP contribution in [-0.4, -0.2) is 23.7 Å². The van der Waals surface area contributed by atoms with Crippen LogP contribution in [0.5, 0.6) is 0 Å². The highest BCUT2D eigenvalue weighted by molar-refractivity contribution is 6.33. The summed E-state index contributed by atoms with van der Waals surface area (Å²) in [6.45, 7) is 5.08. The number of halogens is 1. The Kier molecular flexibility index (Phi) is 6.04. The largest absolute Gasteiger partial charge is 0.479 e. The van der Waals surface area contributed by atoms with Gasteiger partial charge in [-0.15, -0.1) is 0 Å². The van der Waals surface area contributed by atoms with Crippen LogP contribution in [0.25, 0.3) is 0 Å². The van der Waals surface area contributed by atoms with E-state index in [-0.39, 0.29) is 5.56 Å². The van der Waals surface area contributed by atoms with E-state index in [1.54, 1.807) is 12.1 Å². The number of para-hydroxylation sites is 1. The van der Waals surface area contributed by atoms with Crippen molar-refractivity contribution in [3.05, 3.63) is 57.6 Å². The highest BCUT2D eigenvalue weighted by Crippen LogP contribution is 2.33. The van der Waals surface area contributed by atoms with Crippen molar-refractivity contribution in [3.8, 4) is 0 Å². The minimum Gasteiger partial charge on any atom is -0.479 e. The Morgan fingerprint density at radius 3 is 2.48 bits per heavy atom. The summed E-state index contributed by atoms with van der Waals surface area (Å²) in [6, 6.07) is 9.20. The van der Waals surface area contributed by atoms with Crippen LogP contribution in [0.3, 0.4) is 0 Å². The SMILES string of the molecule is CCc1cc(C)c(Nc2c(C)cccc2Cl)c(C(=O)OCC(=O)O)c1. The van der Waals surface area contributed by atoms with Crippen LogP contribution in [0, 0.1) is 13.8 Å². The van der Waals surface area contributed by atoms with Crippen molar-refractivity contribution in [1.29, 1.82) is 0 Å². The van der Waals surface area contributed by atoms with Crippen molar-refractivity contribution in [2.75, 3.05) is 11.9 Å². The monoisotopic (exact) mass is 361 g/mol. The summed E-state index contributed by atoms with van der Waals surface area (Å²) >= 11 is 6.27. The summed E-state index contributed by atoms with van der Waals surface area (Å²) in [5.41, 5.74) is 4.28. The second-order valence-electron chi connectivity index (χ2n) is 5.72. The molecule has 2 rings (SSSR count). The third-order valence-electron chi connectivity index (χ3n) is 3.82. The van der Waals surface area contributed by atoms with E-state index in [4.69, 9.17) is 21.4 Å². The van der Waals surface area contributed by atoms with Crippen molar-refractivity contribution in [2.24, 2.45) is 0 Å². The molecule has 0 saturated heterocycles. The molecule has 0 bridgehead atoms. The summed E-state index contributed by atoms with van der Waals surface area (Å²) in [4.78, 5) is 23.1. The fourth-order valence-corrected chi connectivity index (χ4v) is 2.78. The highest BCUT2D eigenvalue weighted by atomic mass is 35.5. The maximum Gasteiger partial charge on any atom is 0.341 e. The second-order valence-corrected chi connectivity index (χ2v) is 6.12. The van der Waals surface area contributed by atoms with Gasteiger partial charge in [0.05, 0.1) is 22.0 Å². The quantitative estimate of drug-likeness (QED) is 0.740. The van der Waals surface area contributed by atoms with Gasteiger partial charge in [-0.25, -0.2) is 9.59 Å². The molecule has 0 aliphatic rings. The van der Waals surface area contributed by atoms with Crippen LogP contribution in [-0.2, 0) is 16.0 Å². The van der Waals surface area contributed by atoms with Crippen molar-refractivity contribution >= 4 is 34.9 Å². The van der Waals surface area contributed by atoms with Crippen LogP contribution >= 0.6 is 11.6 Å². The number of nitrogens with one attached hydrogen (secondary N) is 1. The zero-order valence-corrected chi connectivity index (χ0v) is 15.1. The first-order valence-electron chi connectivity index (χ1n) is 7.88. The van der Waals surface area contributed by atoms with Gasteiger partial charge in [0, 0.05) is 0 Å². The molecule has 2 aromatic rings. The van der Waals surface area contributed by atoms with Crippen LogP contribution in [0.1, 0.15) is 34.0 Å². The van der Waals surface area contributed by atoms with E-state index in [1.807, 2.05) is 39.0 Å². The zero-order valence-electron chi connectivity index (χ0n) is 14.4. The van der Waals surface area contributed by atoms with Crippen LogP contribution in [0.15, 0.2) is 30.3 Å². The molecule has 0 aromatic heterocycles. The molecule has 0 unspecified atom stereocenters.